The molecule has 2 aromatic heterocycles. The molecule has 4 rings (SSSR count). The second kappa shape index (κ2) is 12.0. The number of benzene rings is 2. The van der Waals surface area contributed by atoms with Gasteiger partial charge < -0.3 is 19.1 Å². The molecule has 2 heterocycles. The number of aryl methyl sites for hydroxylation is 2. The third-order valence-corrected chi connectivity index (χ3v) is 6.59. The molecule has 0 saturated carbocycles. The highest BCUT2D eigenvalue weighted by atomic mass is 16.6. The number of carboxylic acids is 1. The molecule has 0 spiro atoms. The summed E-state index contributed by atoms with van der Waals surface area (Å²) in [6.45, 7) is 11.9. The molecule has 0 amide bonds. The normalized spacial score (nSPS) is 13.2. The summed E-state index contributed by atoms with van der Waals surface area (Å²) in [5.41, 5.74) is 4.14. The smallest absolute Gasteiger partial charge is 0.354 e. The predicted octanol–water partition coefficient (Wildman–Crippen LogP) is 6.60. The predicted molar refractivity (Wildman–Crippen MR) is 153 cm³/mol. The van der Waals surface area contributed by atoms with E-state index in [4.69, 9.17) is 14.5 Å². The SMILES string of the molecule is CCc1nc2c(C)cc(C(=O)O)nc2n1Cc1ccc(C(CC)OC(C(=O)OC(C)(C)C)c2ccccc2)cc1. The molecule has 0 bridgehead atoms. The maximum Gasteiger partial charge on any atom is 0.354 e. The molecule has 8 heteroatoms. The van der Waals surface area contributed by atoms with Crippen LogP contribution in [0.15, 0.2) is 60.7 Å². The molecule has 0 aliphatic heterocycles. The van der Waals surface area contributed by atoms with Crippen LogP contribution in [0.5, 0.6) is 0 Å². The minimum atomic E-state index is -1.06. The highest BCUT2D eigenvalue weighted by Gasteiger charge is 2.30. The summed E-state index contributed by atoms with van der Waals surface area (Å²) in [6, 6.07) is 19.0. The second-order valence-electron chi connectivity index (χ2n) is 10.9. The van der Waals surface area contributed by atoms with E-state index in [0.29, 0.717) is 30.6 Å². The topological polar surface area (TPSA) is 104 Å². The molecule has 2 unspecified atom stereocenters. The van der Waals surface area contributed by atoms with Crippen LogP contribution in [0.3, 0.4) is 0 Å². The number of ether oxygens (including phenoxy) is 2. The van der Waals surface area contributed by atoms with Crippen LogP contribution in [0.4, 0.5) is 0 Å². The van der Waals surface area contributed by atoms with Crippen molar-refractivity contribution in [2.24, 2.45) is 0 Å². The number of aromatic nitrogens is 3. The zero-order valence-corrected chi connectivity index (χ0v) is 24.0. The highest BCUT2D eigenvalue weighted by molar-refractivity contribution is 5.89. The van der Waals surface area contributed by atoms with Crippen molar-refractivity contribution < 1.29 is 24.2 Å². The minimum Gasteiger partial charge on any atom is -0.477 e. The Morgan fingerprint density at radius 3 is 2.23 bits per heavy atom. The minimum absolute atomic E-state index is 0.00467. The zero-order valence-electron chi connectivity index (χ0n) is 24.0. The number of rotatable bonds is 10. The molecule has 0 aliphatic carbocycles. The fourth-order valence-corrected chi connectivity index (χ4v) is 4.68. The van der Waals surface area contributed by atoms with Crippen molar-refractivity contribution in [2.45, 2.75) is 78.7 Å². The maximum atomic E-state index is 13.1. The Balaban J connectivity index is 1.60. The zero-order chi connectivity index (χ0) is 29.0. The fourth-order valence-electron chi connectivity index (χ4n) is 4.68. The summed E-state index contributed by atoms with van der Waals surface area (Å²) in [5.74, 6) is -0.641. The number of aromatic carboxylic acids is 1. The van der Waals surface area contributed by atoms with Crippen molar-refractivity contribution in [3.63, 3.8) is 0 Å². The Kier molecular flexibility index (Phi) is 8.69. The monoisotopic (exact) mass is 543 g/mol. The Morgan fingerprint density at radius 1 is 0.975 bits per heavy atom. The lowest BCUT2D eigenvalue weighted by atomic mass is 10.0. The number of hydrogen-bond donors (Lipinski definition) is 1. The van der Waals surface area contributed by atoms with E-state index in [0.717, 1.165) is 28.1 Å². The largest absolute Gasteiger partial charge is 0.477 e. The van der Waals surface area contributed by atoms with E-state index < -0.39 is 23.6 Å². The van der Waals surface area contributed by atoms with Gasteiger partial charge in [0.25, 0.3) is 0 Å². The third-order valence-electron chi connectivity index (χ3n) is 6.59. The Labute approximate surface area is 235 Å². The molecule has 2 atom stereocenters. The van der Waals surface area contributed by atoms with E-state index in [1.807, 2.05) is 101 Å². The van der Waals surface area contributed by atoms with E-state index in [1.54, 1.807) is 6.07 Å². The van der Waals surface area contributed by atoms with Gasteiger partial charge in [-0.1, -0.05) is 68.4 Å². The first kappa shape index (κ1) is 29.0. The quantitative estimate of drug-likeness (QED) is 0.225. The van der Waals surface area contributed by atoms with Gasteiger partial charge in [-0.15, -0.1) is 0 Å². The van der Waals surface area contributed by atoms with Crippen LogP contribution in [-0.4, -0.2) is 37.2 Å². The average Bonchev–Trinajstić information content (AvgIpc) is 3.27. The third kappa shape index (κ3) is 6.57. The number of fused-ring (bicyclic) bond motifs is 1. The number of nitrogens with zero attached hydrogens (tertiary/aromatic N) is 3. The number of carbonyl (C=O) groups excluding carboxylic acids is 1. The first-order valence-corrected chi connectivity index (χ1v) is 13.6. The molecule has 8 nitrogen and oxygen atoms in total. The van der Waals surface area contributed by atoms with Crippen molar-refractivity contribution >= 4 is 23.1 Å². The Bertz CT molecular complexity index is 1490. The summed E-state index contributed by atoms with van der Waals surface area (Å²) in [5, 5.41) is 9.51. The van der Waals surface area contributed by atoms with Crippen LogP contribution in [0.25, 0.3) is 11.2 Å². The summed E-state index contributed by atoms with van der Waals surface area (Å²) < 4.78 is 14.1. The van der Waals surface area contributed by atoms with Crippen molar-refractivity contribution in [1.82, 2.24) is 14.5 Å². The maximum absolute atomic E-state index is 13.1. The van der Waals surface area contributed by atoms with Gasteiger partial charge in [0.1, 0.15) is 16.9 Å². The van der Waals surface area contributed by atoms with E-state index >= 15 is 0 Å². The molecule has 4 aromatic rings. The molecule has 40 heavy (non-hydrogen) atoms. The van der Waals surface area contributed by atoms with Gasteiger partial charge in [0, 0.05) is 6.42 Å². The van der Waals surface area contributed by atoms with Crippen LogP contribution in [0, 0.1) is 6.92 Å². The average molecular weight is 544 g/mol. The lowest BCUT2D eigenvalue weighted by molar-refractivity contribution is -0.173. The van der Waals surface area contributed by atoms with Crippen molar-refractivity contribution in [3.05, 3.63) is 94.4 Å². The van der Waals surface area contributed by atoms with Crippen molar-refractivity contribution in [1.29, 1.82) is 0 Å². The van der Waals surface area contributed by atoms with E-state index in [9.17, 15) is 14.7 Å². The summed E-state index contributed by atoms with van der Waals surface area (Å²) >= 11 is 0. The lowest BCUT2D eigenvalue weighted by Gasteiger charge is -2.27. The number of carbonyl (C=O) groups is 2. The van der Waals surface area contributed by atoms with E-state index in [1.165, 1.54) is 0 Å². The van der Waals surface area contributed by atoms with Crippen LogP contribution in [0.1, 0.15) is 91.8 Å². The summed E-state index contributed by atoms with van der Waals surface area (Å²) in [6.07, 6.45) is 0.175. The second-order valence-corrected chi connectivity index (χ2v) is 10.9. The number of pyridine rings is 1. The number of esters is 1. The van der Waals surface area contributed by atoms with Gasteiger partial charge in [-0.3, -0.25) is 0 Å². The van der Waals surface area contributed by atoms with Gasteiger partial charge in [0.2, 0.25) is 0 Å². The van der Waals surface area contributed by atoms with Gasteiger partial charge in [-0.2, -0.15) is 0 Å². The van der Waals surface area contributed by atoms with Gasteiger partial charge in [-0.05, 0) is 62.4 Å². The van der Waals surface area contributed by atoms with Crippen LogP contribution in [-0.2, 0) is 27.2 Å². The first-order valence-electron chi connectivity index (χ1n) is 13.6. The first-order chi connectivity index (χ1) is 19.0. The number of imidazole rings is 1. The Hall–Kier alpha value is -4.04. The van der Waals surface area contributed by atoms with Crippen LogP contribution < -0.4 is 0 Å². The molecule has 0 aliphatic rings. The lowest BCUT2D eigenvalue weighted by Crippen LogP contribution is -2.29. The fraction of sp³-hybridized carbons (Fsp3) is 0.375. The number of hydrogen-bond acceptors (Lipinski definition) is 6. The molecular formula is C32H37N3O5. The standard InChI is InChI=1S/C32H37N3O5/c1-7-25(39-28(23-12-10-9-11-13-23)31(38)40-32(4,5)6)22-16-14-21(15-17-22)19-35-26(8-2)34-27-20(3)18-24(30(36)37)33-29(27)35/h9-18,25,28H,7-8,19H2,1-6H3,(H,36,37). The number of carboxylic acid groups (broad SMARTS) is 1. The van der Waals surface area contributed by atoms with Crippen LogP contribution in [0.2, 0.25) is 0 Å². The Morgan fingerprint density at radius 2 is 1.65 bits per heavy atom. The summed E-state index contributed by atoms with van der Waals surface area (Å²) in [4.78, 5) is 33.9. The molecule has 0 fully saturated rings. The molecule has 2 aromatic carbocycles. The molecule has 1 N–H and O–H groups in total. The molecule has 0 radical (unpaired) electrons. The van der Waals surface area contributed by atoms with Gasteiger partial charge in [0.15, 0.2) is 17.4 Å². The van der Waals surface area contributed by atoms with Gasteiger partial charge >= 0.3 is 11.9 Å². The van der Waals surface area contributed by atoms with E-state index in [2.05, 4.69) is 4.98 Å². The highest BCUT2D eigenvalue weighted by Crippen LogP contribution is 2.32. The van der Waals surface area contributed by atoms with E-state index in [-0.39, 0.29) is 11.8 Å². The van der Waals surface area contributed by atoms with Crippen LogP contribution >= 0.6 is 0 Å². The van der Waals surface area contributed by atoms with Crippen molar-refractivity contribution in [3.8, 4) is 0 Å². The van der Waals surface area contributed by atoms with Gasteiger partial charge in [-0.25, -0.2) is 19.6 Å². The molecule has 210 valence electrons. The molecular weight excluding hydrogens is 506 g/mol. The summed E-state index contributed by atoms with van der Waals surface area (Å²) in [7, 11) is 0. The molecule has 0 saturated heterocycles. The van der Waals surface area contributed by atoms with Crippen molar-refractivity contribution in [2.75, 3.05) is 0 Å². The van der Waals surface area contributed by atoms with Gasteiger partial charge in [0.05, 0.1) is 12.6 Å².